The van der Waals surface area contributed by atoms with Gasteiger partial charge in [-0.25, -0.2) is 4.79 Å². The van der Waals surface area contributed by atoms with E-state index < -0.39 is 0 Å². The van der Waals surface area contributed by atoms with Crippen LogP contribution >= 0.6 is 0 Å². The first kappa shape index (κ1) is 23.9. The van der Waals surface area contributed by atoms with Gasteiger partial charge in [0.1, 0.15) is 12.3 Å². The quantitative estimate of drug-likeness (QED) is 0.538. The lowest BCUT2D eigenvalue weighted by molar-refractivity contribution is -0.133. The monoisotopic (exact) mass is 444 g/mol. The fourth-order valence-corrected chi connectivity index (χ4v) is 4.11. The average Bonchev–Trinajstić information content (AvgIpc) is 3.45. The van der Waals surface area contributed by atoms with Crippen molar-refractivity contribution in [2.45, 2.75) is 57.7 Å². The number of methoxy groups -OCH3 is 1. The molecule has 0 atom stereocenters. The number of aromatic nitrogens is 1. The smallest absolute Gasteiger partial charge is 0.318 e. The zero-order chi connectivity index (χ0) is 22.8. The van der Waals surface area contributed by atoms with Crippen LogP contribution in [0, 0.1) is 0 Å². The topological polar surface area (TPSA) is 80.0 Å². The molecule has 8 nitrogen and oxygen atoms in total. The number of furan rings is 1. The Hall–Kier alpha value is -2.74. The Bertz CT molecular complexity index is 827. The number of nitrogens with zero attached hydrogens (tertiary/aromatic N) is 3. The van der Waals surface area contributed by atoms with Crippen molar-refractivity contribution in [3.05, 3.63) is 48.2 Å². The fourth-order valence-electron chi connectivity index (χ4n) is 4.11. The highest BCUT2D eigenvalue weighted by Gasteiger charge is 2.25. The summed E-state index contributed by atoms with van der Waals surface area (Å²) in [5.74, 6) is 0.601. The van der Waals surface area contributed by atoms with E-state index in [0.29, 0.717) is 38.4 Å². The third kappa shape index (κ3) is 7.15. The number of ether oxygens (including phenoxy) is 1. The molecule has 1 fully saturated rings. The molecule has 2 aromatic rings. The van der Waals surface area contributed by atoms with Crippen molar-refractivity contribution in [3.8, 4) is 0 Å². The van der Waals surface area contributed by atoms with Crippen molar-refractivity contribution in [1.82, 2.24) is 19.7 Å². The van der Waals surface area contributed by atoms with Gasteiger partial charge < -0.3 is 28.8 Å². The van der Waals surface area contributed by atoms with E-state index in [1.807, 2.05) is 42.1 Å². The summed E-state index contributed by atoms with van der Waals surface area (Å²) in [6.45, 7) is 1.83. The first-order chi connectivity index (χ1) is 15.6. The third-order valence-corrected chi connectivity index (χ3v) is 6.01. The standard InChI is InChI=1S/C24H36N4O4/c1-26-13-6-11-21(26)17-28(18-22-12-7-16-32-22)23(29)19-27(14-8-15-31-2)24(30)25-20-9-4-3-5-10-20/h6-7,11-13,16,20H,3-5,8-10,14-15,17-19H2,1-2H3,(H,25,30). The zero-order valence-corrected chi connectivity index (χ0v) is 19.3. The van der Waals surface area contributed by atoms with E-state index >= 15 is 0 Å². The first-order valence-electron chi connectivity index (χ1n) is 11.5. The highest BCUT2D eigenvalue weighted by molar-refractivity contribution is 5.84. The Morgan fingerprint density at radius 3 is 2.62 bits per heavy atom. The van der Waals surface area contributed by atoms with Gasteiger partial charge in [-0.2, -0.15) is 0 Å². The van der Waals surface area contributed by atoms with Gasteiger partial charge in [0.15, 0.2) is 0 Å². The van der Waals surface area contributed by atoms with E-state index in [1.165, 1.54) is 6.42 Å². The number of nitrogens with one attached hydrogen (secondary N) is 1. The van der Waals surface area contributed by atoms with Crippen molar-refractivity contribution < 1.29 is 18.7 Å². The van der Waals surface area contributed by atoms with Gasteiger partial charge in [-0.15, -0.1) is 0 Å². The molecule has 8 heteroatoms. The summed E-state index contributed by atoms with van der Waals surface area (Å²) in [5.41, 5.74) is 1.02. The van der Waals surface area contributed by atoms with E-state index in [0.717, 1.165) is 31.4 Å². The number of amides is 3. The first-order valence-corrected chi connectivity index (χ1v) is 11.5. The summed E-state index contributed by atoms with van der Waals surface area (Å²) in [5, 5.41) is 3.14. The predicted octanol–water partition coefficient (Wildman–Crippen LogP) is 3.53. The molecule has 1 saturated carbocycles. The van der Waals surface area contributed by atoms with E-state index in [-0.39, 0.29) is 24.5 Å². The van der Waals surface area contributed by atoms with Crippen molar-refractivity contribution in [2.75, 3.05) is 26.8 Å². The van der Waals surface area contributed by atoms with Crippen LogP contribution in [0.4, 0.5) is 4.79 Å². The van der Waals surface area contributed by atoms with Crippen LogP contribution in [0.5, 0.6) is 0 Å². The van der Waals surface area contributed by atoms with Crippen LogP contribution in [-0.2, 0) is 29.7 Å². The molecule has 1 N–H and O–H groups in total. The van der Waals surface area contributed by atoms with Crippen LogP contribution in [-0.4, -0.2) is 59.2 Å². The van der Waals surface area contributed by atoms with Gasteiger partial charge in [0.2, 0.25) is 5.91 Å². The number of hydrogen-bond acceptors (Lipinski definition) is 4. The molecule has 0 unspecified atom stereocenters. The second-order valence-corrected chi connectivity index (χ2v) is 8.49. The van der Waals surface area contributed by atoms with Crippen LogP contribution in [0.2, 0.25) is 0 Å². The van der Waals surface area contributed by atoms with E-state index in [1.54, 1.807) is 23.2 Å². The van der Waals surface area contributed by atoms with Crippen LogP contribution in [0.15, 0.2) is 41.1 Å². The van der Waals surface area contributed by atoms with Gasteiger partial charge in [-0.1, -0.05) is 19.3 Å². The number of rotatable bonds is 11. The Labute approximate surface area is 190 Å². The van der Waals surface area contributed by atoms with Gasteiger partial charge in [0, 0.05) is 45.2 Å². The summed E-state index contributed by atoms with van der Waals surface area (Å²) in [6.07, 6.45) is 9.76. The predicted molar refractivity (Wildman–Crippen MR) is 122 cm³/mol. The number of carbonyl (C=O) groups is 2. The summed E-state index contributed by atoms with van der Waals surface area (Å²) in [6, 6.07) is 7.65. The van der Waals surface area contributed by atoms with Gasteiger partial charge in [0.05, 0.1) is 19.4 Å². The van der Waals surface area contributed by atoms with Crippen LogP contribution in [0.1, 0.15) is 50.0 Å². The average molecular weight is 445 g/mol. The van der Waals surface area contributed by atoms with Gasteiger partial charge in [0.25, 0.3) is 0 Å². The summed E-state index contributed by atoms with van der Waals surface area (Å²) >= 11 is 0. The number of hydrogen-bond donors (Lipinski definition) is 1. The number of urea groups is 1. The van der Waals surface area contributed by atoms with Gasteiger partial charge in [-0.05, 0) is 43.5 Å². The van der Waals surface area contributed by atoms with Crippen molar-refractivity contribution in [2.24, 2.45) is 7.05 Å². The molecule has 1 aliphatic rings. The molecule has 32 heavy (non-hydrogen) atoms. The SMILES string of the molecule is COCCCN(CC(=O)N(Cc1ccco1)Cc1cccn1C)C(=O)NC1CCCCC1. The summed E-state index contributed by atoms with van der Waals surface area (Å²) in [7, 11) is 3.60. The lowest BCUT2D eigenvalue weighted by Gasteiger charge is -2.30. The highest BCUT2D eigenvalue weighted by Crippen LogP contribution is 2.18. The van der Waals surface area contributed by atoms with Crippen molar-refractivity contribution >= 4 is 11.9 Å². The molecule has 2 heterocycles. The Kier molecular flexibility index (Phi) is 9.22. The minimum atomic E-state index is -0.168. The Balaban J connectivity index is 1.68. The van der Waals surface area contributed by atoms with E-state index in [4.69, 9.17) is 9.15 Å². The molecule has 0 bridgehead atoms. The lowest BCUT2D eigenvalue weighted by atomic mass is 9.96. The minimum Gasteiger partial charge on any atom is -0.467 e. The summed E-state index contributed by atoms with van der Waals surface area (Å²) < 4.78 is 12.6. The normalized spacial score (nSPS) is 14.3. The van der Waals surface area contributed by atoms with Gasteiger partial charge in [-0.3, -0.25) is 4.79 Å². The second kappa shape index (κ2) is 12.3. The molecule has 0 spiro atoms. The maximum absolute atomic E-state index is 13.4. The maximum Gasteiger partial charge on any atom is 0.318 e. The highest BCUT2D eigenvalue weighted by atomic mass is 16.5. The van der Waals surface area contributed by atoms with Crippen molar-refractivity contribution in [1.29, 1.82) is 0 Å². The molecule has 0 aliphatic heterocycles. The van der Waals surface area contributed by atoms with Crippen LogP contribution < -0.4 is 5.32 Å². The minimum absolute atomic E-state index is 0.0212. The van der Waals surface area contributed by atoms with E-state index in [2.05, 4.69) is 5.32 Å². The van der Waals surface area contributed by atoms with Crippen LogP contribution in [0.25, 0.3) is 0 Å². The second-order valence-electron chi connectivity index (χ2n) is 8.49. The Morgan fingerprint density at radius 1 is 1.16 bits per heavy atom. The molecule has 0 radical (unpaired) electrons. The molecular weight excluding hydrogens is 408 g/mol. The molecule has 0 saturated heterocycles. The fraction of sp³-hybridized carbons (Fsp3) is 0.583. The number of aryl methyl sites for hydroxylation is 1. The molecular formula is C24H36N4O4. The van der Waals surface area contributed by atoms with Crippen molar-refractivity contribution in [3.63, 3.8) is 0 Å². The zero-order valence-electron chi connectivity index (χ0n) is 19.3. The molecule has 2 aromatic heterocycles. The Morgan fingerprint density at radius 2 is 1.97 bits per heavy atom. The lowest BCUT2D eigenvalue weighted by Crippen LogP contribution is -2.49. The van der Waals surface area contributed by atoms with E-state index in [9.17, 15) is 9.59 Å². The molecule has 1 aliphatic carbocycles. The largest absolute Gasteiger partial charge is 0.467 e. The molecule has 0 aromatic carbocycles. The third-order valence-electron chi connectivity index (χ3n) is 6.01. The maximum atomic E-state index is 13.4. The van der Waals surface area contributed by atoms with Gasteiger partial charge >= 0.3 is 6.03 Å². The van der Waals surface area contributed by atoms with Crippen LogP contribution in [0.3, 0.4) is 0 Å². The molecule has 176 valence electrons. The molecule has 3 amide bonds. The number of carbonyl (C=O) groups excluding carboxylic acids is 2. The summed E-state index contributed by atoms with van der Waals surface area (Å²) in [4.78, 5) is 29.8. The molecule has 3 rings (SSSR count).